The summed E-state index contributed by atoms with van der Waals surface area (Å²) in [6, 6.07) is 12.1. The summed E-state index contributed by atoms with van der Waals surface area (Å²) in [6.45, 7) is 2.43. The molecule has 2 aromatic carbocycles. The van der Waals surface area contributed by atoms with Gasteiger partial charge in [0.1, 0.15) is 16.1 Å². The molecule has 0 amide bonds. The molecule has 3 aromatic rings. The first-order valence-electron chi connectivity index (χ1n) is 10.1. The maximum absolute atomic E-state index is 12.8. The van der Waals surface area contributed by atoms with E-state index in [-0.39, 0.29) is 17.1 Å². The summed E-state index contributed by atoms with van der Waals surface area (Å²) >= 11 is 2.69. The van der Waals surface area contributed by atoms with Gasteiger partial charge in [0.05, 0.1) is 17.6 Å². The van der Waals surface area contributed by atoms with Crippen molar-refractivity contribution in [3.63, 3.8) is 0 Å². The topological polar surface area (TPSA) is 126 Å². The van der Waals surface area contributed by atoms with E-state index < -0.39 is 28.1 Å². The summed E-state index contributed by atoms with van der Waals surface area (Å²) in [7, 11) is -4.11. The third-order valence-electron chi connectivity index (χ3n) is 4.56. The fourth-order valence-corrected chi connectivity index (χ4v) is 5.81. The number of carbonyl (C=O) groups is 1. The number of nitrogens with zero attached hydrogens (tertiary/aromatic N) is 1. The molecule has 1 heterocycles. The Morgan fingerprint density at radius 2 is 1.97 bits per heavy atom. The normalized spacial score (nSPS) is 13.4. The number of ether oxygens (including phenoxy) is 1. The molecule has 0 spiro atoms. The lowest BCUT2D eigenvalue weighted by molar-refractivity contribution is -0.139. The lowest BCUT2D eigenvalue weighted by Crippen LogP contribution is -2.43. The van der Waals surface area contributed by atoms with E-state index in [0.29, 0.717) is 12.4 Å². The minimum absolute atomic E-state index is 0.0647. The Bertz CT molecular complexity index is 1150. The molecule has 2 atom stereocenters. The zero-order chi connectivity index (χ0) is 23.8. The molecule has 0 aliphatic carbocycles. The van der Waals surface area contributed by atoms with Crippen molar-refractivity contribution in [2.24, 2.45) is 0 Å². The summed E-state index contributed by atoms with van der Waals surface area (Å²) < 4.78 is 34.0. The summed E-state index contributed by atoms with van der Waals surface area (Å²) in [6.07, 6.45) is 0.340. The molecular weight excluding hydrogens is 484 g/mol. The summed E-state index contributed by atoms with van der Waals surface area (Å²) in [4.78, 5) is 15.6. The average Bonchev–Trinajstić information content (AvgIpc) is 3.31. The molecule has 11 heteroatoms. The van der Waals surface area contributed by atoms with E-state index in [1.165, 1.54) is 35.2 Å². The zero-order valence-corrected chi connectivity index (χ0v) is 20.2. The predicted molar refractivity (Wildman–Crippen MR) is 128 cm³/mol. The van der Waals surface area contributed by atoms with Crippen LogP contribution in [-0.2, 0) is 14.8 Å². The van der Waals surface area contributed by atoms with Crippen molar-refractivity contribution in [2.45, 2.75) is 34.7 Å². The SMILES string of the molecule is CCOc1cccc(-c2ccc(S(=O)(=O)NC(CC(O)CSc3nccs3)C(=O)O)cc2)c1. The van der Waals surface area contributed by atoms with Crippen LogP contribution in [0, 0.1) is 0 Å². The number of aliphatic hydroxyl groups is 1. The number of hydrogen-bond donors (Lipinski definition) is 3. The van der Waals surface area contributed by atoms with Gasteiger partial charge in [-0.2, -0.15) is 4.72 Å². The number of sulfonamides is 1. The lowest BCUT2D eigenvalue weighted by atomic mass is 10.1. The van der Waals surface area contributed by atoms with Crippen LogP contribution in [0.15, 0.2) is 69.3 Å². The van der Waals surface area contributed by atoms with E-state index in [1.54, 1.807) is 23.7 Å². The van der Waals surface area contributed by atoms with Gasteiger partial charge in [-0.15, -0.1) is 11.3 Å². The molecular formula is C22H24N2O6S3. The molecule has 0 saturated carbocycles. The molecule has 3 N–H and O–H groups in total. The molecule has 8 nitrogen and oxygen atoms in total. The van der Waals surface area contributed by atoms with Crippen LogP contribution in [0.5, 0.6) is 5.75 Å². The van der Waals surface area contributed by atoms with Gasteiger partial charge >= 0.3 is 5.97 Å². The highest BCUT2D eigenvalue weighted by molar-refractivity contribution is 8.01. The summed E-state index contributed by atoms with van der Waals surface area (Å²) in [5, 5.41) is 21.5. The molecule has 3 rings (SSSR count). The van der Waals surface area contributed by atoms with E-state index in [4.69, 9.17) is 4.74 Å². The number of thioether (sulfide) groups is 1. The van der Waals surface area contributed by atoms with Crippen molar-refractivity contribution in [3.8, 4) is 16.9 Å². The molecule has 33 heavy (non-hydrogen) atoms. The van der Waals surface area contributed by atoms with Gasteiger partial charge in [0, 0.05) is 23.8 Å². The molecule has 0 fully saturated rings. The monoisotopic (exact) mass is 508 g/mol. The Balaban J connectivity index is 1.67. The third kappa shape index (κ3) is 7.27. The van der Waals surface area contributed by atoms with Crippen LogP contribution in [0.25, 0.3) is 11.1 Å². The maximum Gasteiger partial charge on any atom is 0.321 e. The lowest BCUT2D eigenvalue weighted by Gasteiger charge is -2.18. The smallest absolute Gasteiger partial charge is 0.321 e. The van der Waals surface area contributed by atoms with Crippen molar-refractivity contribution in [1.82, 2.24) is 9.71 Å². The fraction of sp³-hybridized carbons (Fsp3) is 0.273. The molecule has 2 unspecified atom stereocenters. The molecule has 0 aliphatic rings. The minimum Gasteiger partial charge on any atom is -0.494 e. The van der Waals surface area contributed by atoms with Gasteiger partial charge in [-0.05, 0) is 42.3 Å². The van der Waals surface area contributed by atoms with Crippen LogP contribution in [0.2, 0.25) is 0 Å². The largest absolute Gasteiger partial charge is 0.494 e. The summed E-state index contributed by atoms with van der Waals surface area (Å²) in [5.41, 5.74) is 1.65. The number of aromatic nitrogens is 1. The number of thiazole rings is 1. The Hall–Kier alpha value is -2.44. The van der Waals surface area contributed by atoms with Crippen molar-refractivity contribution in [1.29, 1.82) is 0 Å². The van der Waals surface area contributed by atoms with Crippen molar-refractivity contribution in [3.05, 3.63) is 60.1 Å². The molecule has 176 valence electrons. The molecule has 0 saturated heterocycles. The first-order chi connectivity index (χ1) is 15.8. The minimum atomic E-state index is -4.11. The van der Waals surface area contributed by atoms with Crippen molar-refractivity contribution < 1.29 is 28.2 Å². The highest BCUT2D eigenvalue weighted by Gasteiger charge is 2.28. The van der Waals surface area contributed by atoms with Crippen LogP contribution in [0.1, 0.15) is 13.3 Å². The number of aliphatic carboxylic acids is 1. The van der Waals surface area contributed by atoms with Crippen LogP contribution in [-0.4, -0.2) is 54.1 Å². The number of aliphatic hydroxyl groups excluding tert-OH is 1. The average molecular weight is 509 g/mol. The van der Waals surface area contributed by atoms with E-state index >= 15 is 0 Å². The van der Waals surface area contributed by atoms with E-state index in [2.05, 4.69) is 9.71 Å². The Morgan fingerprint density at radius 3 is 2.61 bits per heavy atom. The van der Waals surface area contributed by atoms with Crippen molar-refractivity contribution >= 4 is 39.1 Å². The van der Waals surface area contributed by atoms with Crippen LogP contribution in [0.4, 0.5) is 0 Å². The first-order valence-corrected chi connectivity index (χ1v) is 13.4. The number of rotatable bonds is 12. The summed E-state index contributed by atoms with van der Waals surface area (Å²) in [5.74, 6) is -0.445. The second-order valence-electron chi connectivity index (χ2n) is 7.00. The van der Waals surface area contributed by atoms with Crippen LogP contribution < -0.4 is 9.46 Å². The predicted octanol–water partition coefficient (Wildman–Crippen LogP) is 3.48. The Morgan fingerprint density at radius 1 is 1.21 bits per heavy atom. The first kappa shape index (κ1) is 25.2. The van der Waals surface area contributed by atoms with Gasteiger partial charge in [0.2, 0.25) is 10.0 Å². The fourth-order valence-electron chi connectivity index (χ4n) is 3.00. The van der Waals surface area contributed by atoms with Crippen molar-refractivity contribution in [2.75, 3.05) is 12.4 Å². The molecule has 0 bridgehead atoms. The molecule has 0 aliphatic heterocycles. The van der Waals surface area contributed by atoms with E-state index in [1.807, 2.05) is 31.2 Å². The second-order valence-corrected chi connectivity index (χ2v) is 10.9. The third-order valence-corrected chi connectivity index (χ3v) is 8.15. The van der Waals surface area contributed by atoms with Crippen LogP contribution >= 0.6 is 23.1 Å². The number of nitrogens with one attached hydrogen (secondary N) is 1. The van der Waals surface area contributed by atoms with Gasteiger partial charge in [-0.25, -0.2) is 13.4 Å². The molecule has 0 radical (unpaired) electrons. The van der Waals surface area contributed by atoms with Gasteiger partial charge in [0.25, 0.3) is 0 Å². The quantitative estimate of drug-likeness (QED) is 0.318. The van der Waals surface area contributed by atoms with Gasteiger partial charge in [0.15, 0.2) is 0 Å². The number of hydrogen-bond acceptors (Lipinski definition) is 8. The highest BCUT2D eigenvalue weighted by Crippen LogP contribution is 2.26. The number of carboxylic acids is 1. The number of benzene rings is 2. The maximum atomic E-state index is 12.8. The molecule has 1 aromatic heterocycles. The number of carboxylic acid groups (broad SMARTS) is 1. The van der Waals surface area contributed by atoms with E-state index in [9.17, 15) is 23.4 Å². The standard InChI is InChI=1S/C22H24N2O6S3/c1-2-30-18-5-3-4-16(12-18)15-6-8-19(9-7-15)33(28,29)24-20(21(26)27)13-17(25)14-32-22-23-10-11-31-22/h3-12,17,20,24-25H,2,13-14H2,1H3,(H,26,27). The zero-order valence-electron chi connectivity index (χ0n) is 17.7. The van der Waals surface area contributed by atoms with Gasteiger partial charge in [-0.3, -0.25) is 4.79 Å². The Kier molecular flexibility index (Phi) is 8.87. The van der Waals surface area contributed by atoms with Gasteiger partial charge < -0.3 is 14.9 Å². The van der Waals surface area contributed by atoms with E-state index in [0.717, 1.165) is 15.5 Å². The highest BCUT2D eigenvalue weighted by atomic mass is 32.2. The Labute approximate surface area is 200 Å². The van der Waals surface area contributed by atoms with Gasteiger partial charge in [-0.1, -0.05) is 36.0 Å². The van der Waals surface area contributed by atoms with Crippen LogP contribution in [0.3, 0.4) is 0 Å². The second kappa shape index (κ2) is 11.6.